The van der Waals surface area contributed by atoms with Crippen molar-refractivity contribution < 1.29 is 23.5 Å². The molecular weight excluding hydrogens is 320 g/mol. The molecule has 1 aromatic rings. The van der Waals surface area contributed by atoms with Gasteiger partial charge in [-0.05, 0) is 26.2 Å². The van der Waals surface area contributed by atoms with E-state index in [1.807, 2.05) is 0 Å². The van der Waals surface area contributed by atoms with Gasteiger partial charge in [-0.3, -0.25) is 9.69 Å². The highest BCUT2D eigenvalue weighted by Crippen LogP contribution is 2.19. The molecule has 0 radical (unpaired) electrons. The molecule has 1 amide bonds. The average molecular weight is 342 g/mol. The molecule has 1 aliphatic heterocycles. The summed E-state index contributed by atoms with van der Waals surface area (Å²) in [7, 11) is 1.57. The smallest absolute Gasteiger partial charge is 0.360 e. The van der Waals surface area contributed by atoms with Gasteiger partial charge in [0.05, 0.1) is 18.5 Å². The molecule has 0 N–H and O–H groups in total. The van der Waals surface area contributed by atoms with Crippen LogP contribution in [0.15, 0.2) is 10.7 Å². The molecule has 1 atom stereocenters. The quantitative estimate of drug-likeness (QED) is 0.702. The predicted molar refractivity (Wildman–Crippen MR) is 86.8 cm³/mol. The monoisotopic (exact) mass is 342 g/mol. The number of esters is 1. The Morgan fingerprint density at radius 3 is 3.00 bits per heavy atom. The molecule has 2 heterocycles. The van der Waals surface area contributed by atoms with E-state index in [1.54, 1.807) is 14.0 Å². The van der Waals surface area contributed by atoms with Crippen molar-refractivity contribution in [2.24, 2.45) is 0 Å². The number of rotatable bonds is 7. The number of hydrogen-bond acceptors (Lipinski definition) is 7. The van der Waals surface area contributed by atoms with Crippen LogP contribution in [0, 0.1) is 0 Å². The number of oxazole rings is 1. The Morgan fingerprint density at radius 2 is 2.30 bits per heavy atom. The Morgan fingerprint density at radius 1 is 1.48 bits per heavy atom. The molecule has 1 saturated heterocycles. The zero-order chi connectivity index (χ0) is 16.7. The molecule has 1 aromatic heterocycles. The minimum Gasteiger partial charge on any atom is -0.461 e. The third kappa shape index (κ3) is 5.24. The Bertz CT molecular complexity index is 528. The van der Waals surface area contributed by atoms with Crippen molar-refractivity contribution in [2.45, 2.75) is 32.3 Å². The first kappa shape index (κ1) is 17.8. The van der Waals surface area contributed by atoms with Gasteiger partial charge in [0.25, 0.3) is 0 Å². The molecule has 1 fully saturated rings. The molecule has 1 aliphatic rings. The van der Waals surface area contributed by atoms with E-state index >= 15 is 0 Å². The second-order valence-electron chi connectivity index (χ2n) is 5.19. The second kappa shape index (κ2) is 8.93. The fourth-order valence-electron chi connectivity index (χ4n) is 2.14. The molecule has 8 heteroatoms. The Balaban J connectivity index is 1.78. The van der Waals surface area contributed by atoms with Gasteiger partial charge in [0.1, 0.15) is 6.26 Å². The molecule has 128 valence electrons. The van der Waals surface area contributed by atoms with Crippen LogP contribution >= 0.6 is 11.8 Å². The molecule has 0 spiro atoms. The minimum atomic E-state index is -0.563. The fraction of sp³-hybridized carbons (Fsp3) is 0.667. The van der Waals surface area contributed by atoms with Gasteiger partial charge in [0, 0.05) is 19.4 Å². The summed E-state index contributed by atoms with van der Waals surface area (Å²) in [6.07, 6.45) is 4.80. The molecule has 23 heavy (non-hydrogen) atoms. The number of aromatic nitrogens is 1. The van der Waals surface area contributed by atoms with Crippen molar-refractivity contribution in [3.8, 4) is 0 Å². The van der Waals surface area contributed by atoms with Crippen molar-refractivity contribution in [1.82, 2.24) is 4.98 Å². The van der Waals surface area contributed by atoms with E-state index in [2.05, 4.69) is 4.98 Å². The molecule has 0 bridgehead atoms. The average Bonchev–Trinajstić information content (AvgIpc) is 3.05. The SMILES string of the molecule is CCOC(=O)c1coc(N(C)C(=O)CSCC2CCCCO2)n1. The topological polar surface area (TPSA) is 81.9 Å². The maximum atomic E-state index is 12.1. The number of carbonyl (C=O) groups is 2. The first-order chi connectivity index (χ1) is 11.1. The summed E-state index contributed by atoms with van der Waals surface area (Å²) < 4.78 is 15.6. The van der Waals surface area contributed by atoms with Gasteiger partial charge >= 0.3 is 12.0 Å². The van der Waals surface area contributed by atoms with Crippen LogP contribution in [0.2, 0.25) is 0 Å². The Kier molecular flexibility index (Phi) is 6.91. The van der Waals surface area contributed by atoms with Gasteiger partial charge in [-0.15, -0.1) is 11.8 Å². The lowest BCUT2D eigenvalue weighted by atomic mass is 10.1. The zero-order valence-corrected chi connectivity index (χ0v) is 14.3. The summed E-state index contributed by atoms with van der Waals surface area (Å²) in [6.45, 7) is 2.78. The second-order valence-corrected chi connectivity index (χ2v) is 6.22. The number of nitrogens with zero attached hydrogens (tertiary/aromatic N) is 2. The summed E-state index contributed by atoms with van der Waals surface area (Å²) in [5.74, 6) is 0.419. The van der Waals surface area contributed by atoms with Crippen LogP contribution in [0.1, 0.15) is 36.7 Å². The normalized spacial score (nSPS) is 17.7. The van der Waals surface area contributed by atoms with E-state index in [-0.39, 0.29) is 30.3 Å². The maximum absolute atomic E-state index is 12.1. The summed E-state index contributed by atoms with van der Waals surface area (Å²) in [4.78, 5) is 29.0. The maximum Gasteiger partial charge on any atom is 0.360 e. The summed E-state index contributed by atoms with van der Waals surface area (Å²) in [5.41, 5.74) is 0.0600. The summed E-state index contributed by atoms with van der Waals surface area (Å²) in [6, 6.07) is 0.0903. The van der Waals surface area contributed by atoms with Crippen molar-refractivity contribution in [1.29, 1.82) is 0 Å². The van der Waals surface area contributed by atoms with Gasteiger partial charge in [0.15, 0.2) is 5.69 Å². The third-order valence-corrected chi connectivity index (χ3v) is 4.50. The van der Waals surface area contributed by atoms with Crippen LogP contribution in [-0.4, -0.2) is 54.7 Å². The van der Waals surface area contributed by atoms with Crippen LogP contribution in [0.4, 0.5) is 6.01 Å². The number of hydrogen-bond donors (Lipinski definition) is 0. The number of ether oxygens (including phenoxy) is 2. The molecular formula is C15H22N2O5S. The summed E-state index contributed by atoms with van der Waals surface area (Å²) in [5, 5.41) is 0. The number of carbonyl (C=O) groups excluding carboxylic acids is 2. The van der Waals surface area contributed by atoms with E-state index < -0.39 is 5.97 Å². The van der Waals surface area contributed by atoms with Gasteiger partial charge in [-0.1, -0.05) is 0 Å². The minimum absolute atomic E-state index is 0.0600. The lowest BCUT2D eigenvalue weighted by Crippen LogP contribution is -2.29. The van der Waals surface area contributed by atoms with Gasteiger partial charge < -0.3 is 13.9 Å². The van der Waals surface area contributed by atoms with E-state index in [9.17, 15) is 9.59 Å². The van der Waals surface area contributed by atoms with E-state index in [4.69, 9.17) is 13.9 Å². The Hall–Kier alpha value is -1.54. The van der Waals surface area contributed by atoms with E-state index in [0.29, 0.717) is 5.75 Å². The first-order valence-corrected chi connectivity index (χ1v) is 8.85. The molecule has 7 nitrogen and oxygen atoms in total. The lowest BCUT2D eigenvalue weighted by Gasteiger charge is -2.22. The van der Waals surface area contributed by atoms with Crippen molar-refractivity contribution in [3.05, 3.63) is 12.0 Å². The highest BCUT2D eigenvalue weighted by Gasteiger charge is 2.20. The fourth-order valence-corrected chi connectivity index (χ4v) is 3.15. The standard InChI is InChI=1S/C15H22N2O5S/c1-3-20-14(19)12-8-22-15(16-12)17(2)13(18)10-23-9-11-6-4-5-7-21-11/h8,11H,3-7,9-10H2,1-2H3. The van der Waals surface area contributed by atoms with Crippen LogP contribution in [0.25, 0.3) is 0 Å². The number of anilines is 1. The largest absolute Gasteiger partial charge is 0.461 e. The molecule has 0 aliphatic carbocycles. The van der Waals surface area contributed by atoms with Gasteiger partial charge in [-0.25, -0.2) is 4.79 Å². The van der Waals surface area contributed by atoms with Crippen molar-refractivity contribution in [2.75, 3.05) is 36.7 Å². The lowest BCUT2D eigenvalue weighted by molar-refractivity contribution is -0.116. The van der Waals surface area contributed by atoms with Crippen molar-refractivity contribution >= 4 is 29.7 Å². The van der Waals surface area contributed by atoms with Gasteiger partial charge in [0.2, 0.25) is 5.91 Å². The van der Waals surface area contributed by atoms with Crippen LogP contribution in [0.3, 0.4) is 0 Å². The molecule has 1 unspecified atom stereocenters. The predicted octanol–water partition coefficient (Wildman–Crippen LogP) is 2.12. The number of amides is 1. The van der Waals surface area contributed by atoms with Gasteiger partial charge in [-0.2, -0.15) is 4.98 Å². The van der Waals surface area contributed by atoms with Crippen LogP contribution in [0.5, 0.6) is 0 Å². The third-order valence-electron chi connectivity index (χ3n) is 3.44. The Labute approximate surface area is 139 Å². The first-order valence-electron chi connectivity index (χ1n) is 7.70. The number of thioether (sulfide) groups is 1. The van der Waals surface area contributed by atoms with Crippen LogP contribution in [-0.2, 0) is 14.3 Å². The highest BCUT2D eigenvalue weighted by atomic mass is 32.2. The van der Waals surface area contributed by atoms with Crippen LogP contribution < -0.4 is 4.90 Å². The zero-order valence-electron chi connectivity index (χ0n) is 13.4. The van der Waals surface area contributed by atoms with Crippen molar-refractivity contribution in [3.63, 3.8) is 0 Å². The van der Waals surface area contributed by atoms with E-state index in [1.165, 1.54) is 29.3 Å². The molecule has 2 rings (SSSR count). The molecule has 0 saturated carbocycles. The molecule has 0 aromatic carbocycles. The van der Waals surface area contributed by atoms with E-state index in [0.717, 1.165) is 25.2 Å². The summed E-state index contributed by atoms with van der Waals surface area (Å²) >= 11 is 1.53. The highest BCUT2D eigenvalue weighted by molar-refractivity contribution is 8.00.